The molecule has 1 amide bonds. The molecular weight excluding hydrogens is 364 g/mol. The van der Waals surface area contributed by atoms with Crippen molar-refractivity contribution < 1.29 is 17.9 Å². The fourth-order valence-electron chi connectivity index (χ4n) is 3.39. The van der Waals surface area contributed by atoms with Gasteiger partial charge in [0.05, 0.1) is 17.0 Å². The van der Waals surface area contributed by atoms with E-state index < -0.39 is 9.84 Å². The zero-order valence-electron chi connectivity index (χ0n) is 15.4. The fourth-order valence-corrected chi connectivity index (χ4v) is 5.12. The summed E-state index contributed by atoms with van der Waals surface area (Å²) >= 11 is 0. The van der Waals surface area contributed by atoms with Crippen LogP contribution in [0.25, 0.3) is 17.0 Å². The van der Waals surface area contributed by atoms with Crippen LogP contribution >= 0.6 is 0 Å². The molecule has 0 bridgehead atoms. The number of amides is 1. The molecule has 1 aromatic carbocycles. The van der Waals surface area contributed by atoms with Crippen LogP contribution in [0.2, 0.25) is 0 Å². The number of hydrogen-bond donors (Lipinski definition) is 0. The Balaban J connectivity index is 1.79. The lowest BCUT2D eigenvalue weighted by Crippen LogP contribution is -2.41. The number of methoxy groups -OCH3 is 1. The van der Waals surface area contributed by atoms with Crippen LogP contribution in [-0.4, -0.2) is 62.0 Å². The number of ether oxygens (including phenoxy) is 1. The zero-order valence-corrected chi connectivity index (χ0v) is 16.2. The molecule has 1 fully saturated rings. The molecular formula is C20H24N2O4S. The summed E-state index contributed by atoms with van der Waals surface area (Å²) in [6.07, 6.45) is 6.15. The molecule has 1 aliphatic heterocycles. The van der Waals surface area contributed by atoms with Crippen molar-refractivity contribution >= 4 is 32.7 Å². The molecule has 7 heteroatoms. The van der Waals surface area contributed by atoms with Gasteiger partial charge in [-0.2, -0.15) is 0 Å². The third-order valence-electron chi connectivity index (χ3n) is 4.75. The van der Waals surface area contributed by atoms with Crippen molar-refractivity contribution in [2.75, 3.05) is 31.8 Å². The van der Waals surface area contributed by atoms with E-state index in [2.05, 4.69) is 4.98 Å². The number of nitrogens with zero attached hydrogens (tertiary/aromatic N) is 2. The van der Waals surface area contributed by atoms with Gasteiger partial charge >= 0.3 is 0 Å². The molecule has 1 aliphatic rings. The maximum atomic E-state index is 12.8. The SMILES string of the molecule is COCCCN(C(=O)/C=C/c1cccc2cccnc12)C1CCS(=O)(=O)C1. The number of carbonyl (C=O) groups is 1. The molecule has 0 saturated carbocycles. The number of para-hydroxylation sites is 1. The normalized spacial score (nSPS) is 18.9. The molecule has 2 heterocycles. The van der Waals surface area contributed by atoms with Crippen molar-refractivity contribution in [3.8, 4) is 0 Å². The second-order valence-corrected chi connectivity index (χ2v) is 8.92. The van der Waals surface area contributed by atoms with Crippen molar-refractivity contribution in [2.45, 2.75) is 18.9 Å². The summed E-state index contributed by atoms with van der Waals surface area (Å²) in [6.45, 7) is 1.01. The Morgan fingerprint density at radius 3 is 2.89 bits per heavy atom. The number of aromatic nitrogens is 1. The molecule has 144 valence electrons. The third-order valence-corrected chi connectivity index (χ3v) is 6.50. The van der Waals surface area contributed by atoms with E-state index in [1.54, 1.807) is 24.3 Å². The monoisotopic (exact) mass is 388 g/mol. The molecule has 2 aromatic rings. The molecule has 0 N–H and O–H groups in total. The average molecular weight is 388 g/mol. The second kappa shape index (κ2) is 8.63. The summed E-state index contributed by atoms with van der Waals surface area (Å²) in [5.41, 5.74) is 1.69. The first-order chi connectivity index (χ1) is 13.0. The average Bonchev–Trinajstić information content (AvgIpc) is 3.02. The van der Waals surface area contributed by atoms with Gasteiger partial charge in [0.1, 0.15) is 0 Å². The first-order valence-corrected chi connectivity index (χ1v) is 10.8. The highest BCUT2D eigenvalue weighted by molar-refractivity contribution is 7.91. The van der Waals surface area contributed by atoms with Gasteiger partial charge in [-0.05, 0) is 25.0 Å². The summed E-state index contributed by atoms with van der Waals surface area (Å²) in [6, 6.07) is 9.39. The first-order valence-electron chi connectivity index (χ1n) is 9.02. The van der Waals surface area contributed by atoms with E-state index >= 15 is 0 Å². The van der Waals surface area contributed by atoms with E-state index in [9.17, 15) is 13.2 Å². The second-order valence-electron chi connectivity index (χ2n) is 6.69. The Hall–Kier alpha value is -2.25. The van der Waals surface area contributed by atoms with E-state index in [1.807, 2.05) is 30.3 Å². The lowest BCUT2D eigenvalue weighted by molar-refractivity contribution is -0.127. The van der Waals surface area contributed by atoms with Gasteiger partial charge in [0, 0.05) is 49.5 Å². The van der Waals surface area contributed by atoms with Gasteiger partial charge in [-0.3, -0.25) is 9.78 Å². The lowest BCUT2D eigenvalue weighted by Gasteiger charge is -2.27. The van der Waals surface area contributed by atoms with Crippen LogP contribution < -0.4 is 0 Å². The van der Waals surface area contributed by atoms with E-state index in [0.717, 1.165) is 16.5 Å². The van der Waals surface area contributed by atoms with Crippen LogP contribution in [0.5, 0.6) is 0 Å². The van der Waals surface area contributed by atoms with Crippen molar-refractivity contribution in [3.63, 3.8) is 0 Å². The van der Waals surface area contributed by atoms with Crippen LogP contribution in [0.1, 0.15) is 18.4 Å². The number of hydrogen-bond acceptors (Lipinski definition) is 5. The molecule has 1 atom stereocenters. The van der Waals surface area contributed by atoms with Crippen molar-refractivity contribution in [2.24, 2.45) is 0 Å². The van der Waals surface area contributed by atoms with Gasteiger partial charge in [0.25, 0.3) is 0 Å². The summed E-state index contributed by atoms with van der Waals surface area (Å²) < 4.78 is 28.7. The minimum atomic E-state index is -3.06. The standard InChI is InChI=1S/C20H24N2O4S/c1-26-13-4-12-22(18-10-14-27(24,25)15-18)19(23)9-8-17-6-2-5-16-7-3-11-21-20(16)17/h2-3,5-9,11,18H,4,10,12-15H2,1H3/b9-8+. The zero-order chi connectivity index (χ0) is 19.3. The number of fused-ring (bicyclic) bond motifs is 1. The predicted molar refractivity (Wildman–Crippen MR) is 106 cm³/mol. The van der Waals surface area contributed by atoms with Crippen LogP contribution in [0.4, 0.5) is 0 Å². The fraction of sp³-hybridized carbons (Fsp3) is 0.400. The van der Waals surface area contributed by atoms with E-state index in [-0.39, 0.29) is 23.5 Å². The molecule has 6 nitrogen and oxygen atoms in total. The summed E-state index contributed by atoms with van der Waals surface area (Å²) in [4.78, 5) is 18.9. The van der Waals surface area contributed by atoms with E-state index in [0.29, 0.717) is 26.0 Å². The van der Waals surface area contributed by atoms with Gasteiger partial charge in [0.2, 0.25) is 5.91 Å². The van der Waals surface area contributed by atoms with Gasteiger partial charge in [-0.15, -0.1) is 0 Å². The van der Waals surface area contributed by atoms with Gasteiger partial charge in [-0.1, -0.05) is 24.3 Å². The van der Waals surface area contributed by atoms with Crippen LogP contribution in [0.3, 0.4) is 0 Å². The number of benzene rings is 1. The Labute approximate surface area is 159 Å². The Morgan fingerprint density at radius 1 is 1.33 bits per heavy atom. The Bertz CT molecular complexity index is 935. The molecule has 1 unspecified atom stereocenters. The smallest absolute Gasteiger partial charge is 0.246 e. The molecule has 0 spiro atoms. The topological polar surface area (TPSA) is 76.6 Å². The predicted octanol–water partition coefficient (Wildman–Crippen LogP) is 2.30. The van der Waals surface area contributed by atoms with E-state index in [4.69, 9.17) is 4.74 Å². The number of rotatable bonds is 7. The van der Waals surface area contributed by atoms with Crippen LogP contribution in [0, 0.1) is 0 Å². The molecule has 0 aliphatic carbocycles. The lowest BCUT2D eigenvalue weighted by atomic mass is 10.1. The molecule has 1 saturated heterocycles. The highest BCUT2D eigenvalue weighted by Crippen LogP contribution is 2.20. The van der Waals surface area contributed by atoms with Crippen molar-refractivity contribution in [1.29, 1.82) is 0 Å². The summed E-state index contributed by atoms with van der Waals surface area (Å²) in [5.74, 6) is -0.000865. The minimum absolute atomic E-state index is 0.0371. The van der Waals surface area contributed by atoms with E-state index in [1.165, 1.54) is 6.08 Å². The highest BCUT2D eigenvalue weighted by Gasteiger charge is 2.33. The number of pyridine rings is 1. The minimum Gasteiger partial charge on any atom is -0.385 e. The summed E-state index contributed by atoms with van der Waals surface area (Å²) in [5, 5.41) is 1.01. The molecule has 3 rings (SSSR count). The molecule has 0 radical (unpaired) electrons. The Morgan fingerprint density at radius 2 is 2.15 bits per heavy atom. The van der Waals surface area contributed by atoms with Gasteiger partial charge in [0.15, 0.2) is 9.84 Å². The van der Waals surface area contributed by atoms with Crippen molar-refractivity contribution in [3.05, 3.63) is 48.2 Å². The molecule has 27 heavy (non-hydrogen) atoms. The molecule has 1 aromatic heterocycles. The number of carbonyl (C=O) groups excluding carboxylic acids is 1. The first kappa shape index (κ1) is 19.5. The van der Waals surface area contributed by atoms with Crippen molar-refractivity contribution in [1.82, 2.24) is 9.88 Å². The maximum absolute atomic E-state index is 12.8. The quantitative estimate of drug-likeness (QED) is 0.537. The number of sulfone groups is 1. The maximum Gasteiger partial charge on any atom is 0.246 e. The highest BCUT2D eigenvalue weighted by atomic mass is 32.2. The summed E-state index contributed by atoms with van der Waals surface area (Å²) in [7, 11) is -1.45. The largest absolute Gasteiger partial charge is 0.385 e. The van der Waals surface area contributed by atoms with Gasteiger partial charge in [-0.25, -0.2) is 8.42 Å². The van der Waals surface area contributed by atoms with Crippen LogP contribution in [0.15, 0.2) is 42.6 Å². The Kier molecular flexibility index (Phi) is 6.23. The third kappa shape index (κ3) is 4.93. The van der Waals surface area contributed by atoms with Gasteiger partial charge < -0.3 is 9.64 Å². The van der Waals surface area contributed by atoms with Crippen LogP contribution in [-0.2, 0) is 19.4 Å².